The lowest BCUT2D eigenvalue weighted by atomic mass is 10.2. The molecule has 0 amide bonds. The second-order valence-electron chi connectivity index (χ2n) is 6.05. The first-order valence-corrected chi connectivity index (χ1v) is 8.34. The quantitative estimate of drug-likeness (QED) is 0.601. The Morgan fingerprint density at radius 3 is 2.58 bits per heavy atom. The van der Waals surface area contributed by atoms with Crippen LogP contribution >= 0.6 is 22.9 Å². The summed E-state index contributed by atoms with van der Waals surface area (Å²) in [6, 6.07) is 1.79. The van der Waals surface area contributed by atoms with Gasteiger partial charge in [-0.2, -0.15) is 0 Å². The van der Waals surface area contributed by atoms with Gasteiger partial charge in [0.15, 0.2) is 17.2 Å². The zero-order valence-electron chi connectivity index (χ0n) is 14.1. The summed E-state index contributed by atoms with van der Waals surface area (Å²) in [4.78, 5) is 28.3. The van der Waals surface area contributed by atoms with Crippen LogP contribution in [0, 0.1) is 6.92 Å². The molecular weight excluding hydrogens is 354 g/mol. The number of halogens is 1. The van der Waals surface area contributed by atoms with Gasteiger partial charge in [0.2, 0.25) is 0 Å². The molecule has 0 unspecified atom stereocenters. The van der Waals surface area contributed by atoms with Crippen LogP contribution < -0.4 is 4.74 Å². The van der Waals surface area contributed by atoms with Crippen LogP contribution in [-0.2, 0) is 14.3 Å². The Morgan fingerprint density at radius 2 is 2.00 bits per heavy atom. The van der Waals surface area contributed by atoms with Crippen LogP contribution in [0.3, 0.4) is 0 Å². The first-order chi connectivity index (χ1) is 11.1. The van der Waals surface area contributed by atoms with Crippen LogP contribution in [0.25, 0.3) is 10.1 Å². The van der Waals surface area contributed by atoms with Crippen LogP contribution in [-0.4, -0.2) is 36.2 Å². The molecule has 0 saturated heterocycles. The molecule has 0 bridgehead atoms. The maximum Gasteiger partial charge on any atom is 0.351 e. The van der Waals surface area contributed by atoms with Crippen LogP contribution in [0.2, 0.25) is 5.15 Å². The van der Waals surface area contributed by atoms with E-state index in [1.807, 2.05) is 0 Å². The third-order valence-corrected chi connectivity index (χ3v) is 4.21. The monoisotopic (exact) mass is 371 g/mol. The molecule has 2 aromatic heterocycles. The molecule has 24 heavy (non-hydrogen) atoms. The number of carbonyl (C=O) groups excluding carboxylic acids is 2. The molecule has 0 fully saturated rings. The number of pyridine rings is 1. The summed E-state index contributed by atoms with van der Waals surface area (Å²) in [5, 5.41) is 0.687. The van der Waals surface area contributed by atoms with Crippen LogP contribution in [0.4, 0.5) is 0 Å². The van der Waals surface area contributed by atoms with Gasteiger partial charge in [0.05, 0.1) is 12.5 Å². The van der Waals surface area contributed by atoms with Crippen molar-refractivity contribution >= 4 is 45.0 Å². The maximum atomic E-state index is 12.0. The minimum Gasteiger partial charge on any atom is -0.479 e. The van der Waals surface area contributed by atoms with E-state index in [1.54, 1.807) is 33.8 Å². The molecule has 0 N–H and O–H groups in total. The van der Waals surface area contributed by atoms with E-state index in [0.29, 0.717) is 11.1 Å². The van der Waals surface area contributed by atoms with Crippen LogP contribution in [0.15, 0.2) is 6.07 Å². The summed E-state index contributed by atoms with van der Waals surface area (Å²) in [7, 11) is 1.27. The van der Waals surface area contributed by atoms with E-state index in [0.717, 1.165) is 4.70 Å². The number of hydrogen-bond donors (Lipinski definition) is 0. The number of aromatic nitrogens is 1. The van der Waals surface area contributed by atoms with Crippen molar-refractivity contribution in [3.8, 4) is 5.75 Å². The number of carbonyl (C=O) groups is 2. The molecular formula is C16H18ClNO5S. The van der Waals surface area contributed by atoms with E-state index in [2.05, 4.69) is 4.98 Å². The zero-order valence-corrected chi connectivity index (χ0v) is 15.6. The highest BCUT2D eigenvalue weighted by Crippen LogP contribution is 2.41. The molecule has 0 aromatic carbocycles. The zero-order chi connectivity index (χ0) is 18.1. The van der Waals surface area contributed by atoms with Gasteiger partial charge in [-0.25, -0.2) is 14.6 Å². The van der Waals surface area contributed by atoms with Crippen LogP contribution in [0.1, 0.15) is 36.1 Å². The number of aryl methyl sites for hydroxylation is 1. The third-order valence-electron chi connectivity index (χ3n) is 2.84. The average molecular weight is 372 g/mol. The van der Waals surface area contributed by atoms with E-state index in [9.17, 15) is 9.59 Å². The van der Waals surface area contributed by atoms with Crippen LogP contribution in [0.5, 0.6) is 5.75 Å². The van der Waals surface area contributed by atoms with Gasteiger partial charge in [0.1, 0.15) is 10.8 Å². The standard InChI is InChI=1S/C16H18ClNO5S/c1-8-6-9-11(14(17)18-8)12(13(24-9)15(20)21-5)22-7-10(19)23-16(2,3)4/h6H,7H2,1-5H3. The maximum absolute atomic E-state index is 12.0. The number of thiophene rings is 1. The van der Waals surface area contributed by atoms with Gasteiger partial charge in [-0.1, -0.05) is 11.6 Å². The van der Waals surface area contributed by atoms with E-state index in [4.69, 9.17) is 25.8 Å². The second kappa shape index (κ2) is 6.94. The molecule has 0 aliphatic carbocycles. The summed E-state index contributed by atoms with van der Waals surface area (Å²) in [5.41, 5.74) is 0.0856. The Morgan fingerprint density at radius 1 is 1.33 bits per heavy atom. The van der Waals surface area contributed by atoms with Gasteiger partial charge in [-0.3, -0.25) is 0 Å². The highest BCUT2D eigenvalue weighted by Gasteiger charge is 2.25. The molecule has 0 saturated carbocycles. The minimum absolute atomic E-state index is 0.185. The Balaban J connectivity index is 2.39. The Hall–Kier alpha value is -1.86. The predicted molar refractivity (Wildman–Crippen MR) is 92.0 cm³/mol. The lowest BCUT2D eigenvalue weighted by Gasteiger charge is -2.19. The van der Waals surface area contributed by atoms with Crippen molar-refractivity contribution < 1.29 is 23.8 Å². The highest BCUT2D eigenvalue weighted by molar-refractivity contribution is 7.21. The predicted octanol–water partition coefficient (Wildman–Crippen LogP) is 3.77. The second-order valence-corrected chi connectivity index (χ2v) is 7.46. The van der Waals surface area contributed by atoms with Crippen molar-refractivity contribution in [3.63, 3.8) is 0 Å². The molecule has 2 rings (SSSR count). The molecule has 0 atom stereocenters. The number of nitrogens with zero attached hydrogens (tertiary/aromatic N) is 1. The SMILES string of the molecule is COC(=O)c1sc2cc(C)nc(Cl)c2c1OCC(=O)OC(C)(C)C. The lowest BCUT2D eigenvalue weighted by Crippen LogP contribution is -2.27. The molecule has 2 aromatic rings. The van der Waals surface area contributed by atoms with Gasteiger partial charge in [0, 0.05) is 10.4 Å². The summed E-state index contributed by atoms with van der Waals surface area (Å²) < 4.78 is 16.3. The first kappa shape index (κ1) is 18.5. The van der Waals surface area contributed by atoms with Gasteiger partial charge in [-0.15, -0.1) is 11.3 Å². The number of fused-ring (bicyclic) bond motifs is 1. The van der Waals surface area contributed by atoms with E-state index in [-0.39, 0.29) is 22.4 Å². The number of esters is 2. The molecule has 0 aliphatic heterocycles. The Labute approximate surface area is 148 Å². The van der Waals surface area contributed by atoms with E-state index < -0.39 is 17.5 Å². The minimum atomic E-state index is -0.626. The fraction of sp³-hybridized carbons (Fsp3) is 0.438. The van der Waals surface area contributed by atoms with Gasteiger partial charge < -0.3 is 14.2 Å². The first-order valence-electron chi connectivity index (χ1n) is 7.15. The van der Waals surface area contributed by atoms with Crippen molar-refractivity contribution in [2.45, 2.75) is 33.3 Å². The van der Waals surface area contributed by atoms with Gasteiger partial charge in [-0.05, 0) is 33.8 Å². The molecule has 0 radical (unpaired) electrons. The normalized spacial score (nSPS) is 11.4. The smallest absolute Gasteiger partial charge is 0.351 e. The number of rotatable bonds is 4. The van der Waals surface area contributed by atoms with E-state index in [1.165, 1.54) is 18.4 Å². The molecule has 6 nitrogen and oxygen atoms in total. The molecule has 130 valence electrons. The highest BCUT2D eigenvalue weighted by atomic mass is 35.5. The van der Waals surface area contributed by atoms with Crippen molar-refractivity contribution in [1.29, 1.82) is 0 Å². The van der Waals surface area contributed by atoms with Crippen molar-refractivity contribution in [1.82, 2.24) is 4.98 Å². The van der Waals surface area contributed by atoms with E-state index >= 15 is 0 Å². The third kappa shape index (κ3) is 4.15. The Kier molecular flexibility index (Phi) is 5.35. The fourth-order valence-corrected chi connectivity index (χ4v) is 3.57. The topological polar surface area (TPSA) is 74.7 Å². The van der Waals surface area contributed by atoms with Gasteiger partial charge >= 0.3 is 11.9 Å². The van der Waals surface area contributed by atoms with Gasteiger partial charge in [0.25, 0.3) is 0 Å². The largest absolute Gasteiger partial charge is 0.479 e. The molecule has 8 heteroatoms. The summed E-state index contributed by atoms with van der Waals surface area (Å²) in [5.74, 6) is -0.928. The Bertz CT molecular complexity index is 794. The van der Waals surface area contributed by atoms with Crippen molar-refractivity contribution in [2.75, 3.05) is 13.7 Å². The lowest BCUT2D eigenvalue weighted by molar-refractivity contribution is -0.157. The van der Waals surface area contributed by atoms with Crippen molar-refractivity contribution in [3.05, 3.63) is 21.8 Å². The molecule has 0 aliphatic rings. The number of hydrogen-bond acceptors (Lipinski definition) is 7. The molecule has 2 heterocycles. The summed E-state index contributed by atoms with van der Waals surface area (Å²) in [6.45, 7) is 6.72. The number of methoxy groups -OCH3 is 1. The number of ether oxygens (including phenoxy) is 3. The molecule has 0 spiro atoms. The van der Waals surface area contributed by atoms with Crippen molar-refractivity contribution in [2.24, 2.45) is 0 Å². The fourth-order valence-electron chi connectivity index (χ4n) is 2.03. The summed E-state index contributed by atoms with van der Waals surface area (Å²) >= 11 is 7.37. The summed E-state index contributed by atoms with van der Waals surface area (Å²) in [6.07, 6.45) is 0. The average Bonchev–Trinajstić information content (AvgIpc) is 2.81.